The highest BCUT2D eigenvalue weighted by Gasteiger charge is 2.30. The number of aryl methyl sites for hydroxylation is 1. The lowest BCUT2D eigenvalue weighted by molar-refractivity contribution is -0.137. The molecular formula is C23H18F3N3O5. The molecule has 34 heavy (non-hydrogen) atoms. The predicted molar refractivity (Wildman–Crippen MR) is 115 cm³/mol. The molecule has 0 atom stereocenters. The first kappa shape index (κ1) is 22.9. The Hall–Kier alpha value is -4.28. The first-order chi connectivity index (χ1) is 16.2. The summed E-state index contributed by atoms with van der Waals surface area (Å²) in [6.45, 7) is 1.23. The van der Waals surface area contributed by atoms with Crippen LogP contribution < -0.4 is 20.3 Å². The van der Waals surface area contributed by atoms with Gasteiger partial charge in [0.2, 0.25) is 0 Å². The molecule has 0 fully saturated rings. The van der Waals surface area contributed by atoms with Crippen LogP contribution in [-0.4, -0.2) is 22.1 Å². The van der Waals surface area contributed by atoms with E-state index in [2.05, 4.69) is 10.3 Å². The Bertz CT molecular complexity index is 1390. The van der Waals surface area contributed by atoms with Crippen molar-refractivity contribution in [1.82, 2.24) is 9.56 Å². The van der Waals surface area contributed by atoms with Crippen molar-refractivity contribution in [2.75, 3.05) is 11.9 Å². The van der Waals surface area contributed by atoms with Crippen LogP contribution in [0, 0.1) is 6.92 Å². The Labute approximate surface area is 190 Å². The van der Waals surface area contributed by atoms with Crippen LogP contribution in [0.5, 0.6) is 11.5 Å². The third-order valence-electron chi connectivity index (χ3n) is 4.56. The van der Waals surface area contributed by atoms with Crippen LogP contribution >= 0.6 is 0 Å². The SMILES string of the molecule is Cc1cc2nc(COc3cccc(NC(=O)COc4cccc(C(F)(F)F)c4)c3)cc(=O)n2o1. The molecule has 176 valence electrons. The Morgan fingerprint density at radius 3 is 2.56 bits per heavy atom. The largest absolute Gasteiger partial charge is 0.487 e. The van der Waals surface area contributed by atoms with E-state index in [0.717, 1.165) is 16.7 Å². The van der Waals surface area contributed by atoms with Crippen LogP contribution in [0.1, 0.15) is 17.0 Å². The number of fused-ring (bicyclic) bond motifs is 1. The molecule has 0 aliphatic heterocycles. The fraction of sp³-hybridized carbons (Fsp3) is 0.174. The first-order valence-corrected chi connectivity index (χ1v) is 10.00. The van der Waals surface area contributed by atoms with Crippen molar-refractivity contribution in [3.05, 3.63) is 88.0 Å². The van der Waals surface area contributed by atoms with Gasteiger partial charge in [0.25, 0.3) is 11.5 Å². The number of nitrogens with one attached hydrogen (secondary N) is 1. The molecule has 0 saturated carbocycles. The highest BCUT2D eigenvalue weighted by molar-refractivity contribution is 5.92. The number of amides is 1. The minimum atomic E-state index is -4.51. The summed E-state index contributed by atoms with van der Waals surface area (Å²) in [5.41, 5.74) is -0.0860. The fourth-order valence-corrected chi connectivity index (χ4v) is 3.08. The van der Waals surface area contributed by atoms with E-state index in [1.54, 1.807) is 37.3 Å². The molecule has 2 heterocycles. The van der Waals surface area contributed by atoms with E-state index in [1.807, 2.05) is 0 Å². The summed E-state index contributed by atoms with van der Waals surface area (Å²) in [4.78, 5) is 28.6. The van der Waals surface area contributed by atoms with Gasteiger partial charge in [-0.25, -0.2) is 4.98 Å². The van der Waals surface area contributed by atoms with Crippen molar-refractivity contribution in [2.45, 2.75) is 19.7 Å². The van der Waals surface area contributed by atoms with Crippen molar-refractivity contribution in [3.63, 3.8) is 0 Å². The van der Waals surface area contributed by atoms with Gasteiger partial charge in [-0.15, -0.1) is 4.57 Å². The molecule has 0 bridgehead atoms. The van der Waals surface area contributed by atoms with Gasteiger partial charge in [-0.05, 0) is 37.3 Å². The maximum absolute atomic E-state index is 12.8. The zero-order valence-corrected chi connectivity index (χ0v) is 17.8. The molecule has 4 rings (SSSR count). The number of hydrogen-bond acceptors (Lipinski definition) is 6. The minimum Gasteiger partial charge on any atom is -0.487 e. The van der Waals surface area contributed by atoms with Gasteiger partial charge in [0, 0.05) is 23.9 Å². The Balaban J connectivity index is 1.34. The molecule has 2 aromatic heterocycles. The third-order valence-corrected chi connectivity index (χ3v) is 4.56. The topological polar surface area (TPSA) is 95.1 Å². The maximum Gasteiger partial charge on any atom is 0.416 e. The van der Waals surface area contributed by atoms with E-state index in [-0.39, 0.29) is 17.9 Å². The highest BCUT2D eigenvalue weighted by Crippen LogP contribution is 2.31. The summed E-state index contributed by atoms with van der Waals surface area (Å²) in [7, 11) is 0. The number of carbonyl (C=O) groups is 1. The minimum absolute atomic E-state index is 0.00598. The Morgan fingerprint density at radius 1 is 1.06 bits per heavy atom. The van der Waals surface area contributed by atoms with Gasteiger partial charge < -0.3 is 19.3 Å². The van der Waals surface area contributed by atoms with E-state index in [0.29, 0.717) is 28.5 Å². The molecule has 8 nitrogen and oxygen atoms in total. The number of ether oxygens (including phenoxy) is 2. The van der Waals surface area contributed by atoms with Gasteiger partial charge in [-0.2, -0.15) is 13.2 Å². The number of benzene rings is 2. The summed E-state index contributed by atoms with van der Waals surface area (Å²) >= 11 is 0. The van der Waals surface area contributed by atoms with Crippen LogP contribution in [0.15, 0.2) is 70.0 Å². The van der Waals surface area contributed by atoms with Gasteiger partial charge in [-0.3, -0.25) is 9.59 Å². The number of alkyl halides is 3. The normalized spacial score (nSPS) is 11.4. The maximum atomic E-state index is 12.8. The second kappa shape index (κ2) is 9.30. The summed E-state index contributed by atoms with van der Waals surface area (Å²) in [6.07, 6.45) is -4.51. The quantitative estimate of drug-likeness (QED) is 0.432. The average Bonchev–Trinajstić information content (AvgIpc) is 3.17. The van der Waals surface area contributed by atoms with Crippen LogP contribution in [-0.2, 0) is 17.6 Å². The molecule has 0 radical (unpaired) electrons. The monoisotopic (exact) mass is 473 g/mol. The second-order valence-corrected chi connectivity index (χ2v) is 7.26. The van der Waals surface area contributed by atoms with Crippen molar-refractivity contribution in [1.29, 1.82) is 0 Å². The first-order valence-electron chi connectivity index (χ1n) is 10.00. The molecule has 1 N–H and O–H groups in total. The lowest BCUT2D eigenvalue weighted by Crippen LogP contribution is -2.20. The fourth-order valence-electron chi connectivity index (χ4n) is 3.08. The van der Waals surface area contributed by atoms with Crippen LogP contribution in [0.4, 0.5) is 18.9 Å². The van der Waals surface area contributed by atoms with Gasteiger partial charge in [-0.1, -0.05) is 12.1 Å². The number of nitrogens with zero attached hydrogens (tertiary/aromatic N) is 2. The predicted octanol–water partition coefficient (Wildman–Crippen LogP) is 4.21. The lowest BCUT2D eigenvalue weighted by Gasteiger charge is -2.11. The number of carbonyl (C=O) groups excluding carboxylic acids is 1. The van der Waals surface area contributed by atoms with E-state index in [1.165, 1.54) is 18.2 Å². The third kappa shape index (κ3) is 5.55. The van der Waals surface area contributed by atoms with Crippen LogP contribution in [0.25, 0.3) is 5.65 Å². The number of aromatic nitrogens is 2. The molecular weight excluding hydrogens is 455 g/mol. The second-order valence-electron chi connectivity index (χ2n) is 7.26. The van der Waals surface area contributed by atoms with Crippen LogP contribution in [0.2, 0.25) is 0 Å². The van der Waals surface area contributed by atoms with Gasteiger partial charge in [0.1, 0.15) is 23.9 Å². The molecule has 0 spiro atoms. The number of anilines is 1. The summed E-state index contributed by atoms with van der Waals surface area (Å²) in [5.74, 6) is 0.311. The number of rotatable bonds is 7. The molecule has 4 aromatic rings. The van der Waals surface area contributed by atoms with Gasteiger partial charge >= 0.3 is 6.18 Å². The van der Waals surface area contributed by atoms with Gasteiger partial charge in [0.05, 0.1) is 11.3 Å². The van der Waals surface area contributed by atoms with Crippen molar-refractivity contribution in [2.24, 2.45) is 0 Å². The number of hydrogen-bond donors (Lipinski definition) is 1. The summed E-state index contributed by atoms with van der Waals surface area (Å²) in [6, 6.07) is 13.7. The van der Waals surface area contributed by atoms with Crippen molar-refractivity contribution >= 4 is 17.2 Å². The molecule has 1 amide bonds. The van der Waals surface area contributed by atoms with E-state index in [4.69, 9.17) is 14.0 Å². The van der Waals surface area contributed by atoms with E-state index >= 15 is 0 Å². The zero-order valence-electron chi connectivity index (χ0n) is 17.8. The van der Waals surface area contributed by atoms with E-state index < -0.39 is 24.3 Å². The Kier molecular flexibility index (Phi) is 6.26. The van der Waals surface area contributed by atoms with Crippen molar-refractivity contribution in [3.8, 4) is 11.5 Å². The average molecular weight is 473 g/mol. The zero-order chi connectivity index (χ0) is 24.3. The lowest BCUT2D eigenvalue weighted by atomic mass is 10.2. The molecule has 0 saturated heterocycles. The molecule has 0 aliphatic carbocycles. The molecule has 0 unspecified atom stereocenters. The van der Waals surface area contributed by atoms with E-state index in [9.17, 15) is 22.8 Å². The highest BCUT2D eigenvalue weighted by atomic mass is 19.4. The standard InChI is InChI=1S/C23H18F3N3O5/c1-14-8-20-27-17(11-22(31)29(20)34-14)12-32-19-7-3-5-16(10-19)28-21(30)13-33-18-6-2-4-15(9-18)23(24,25)26/h2-11H,12-13H2,1H3,(H,28,30). The molecule has 0 aliphatic rings. The smallest absolute Gasteiger partial charge is 0.416 e. The molecule has 11 heteroatoms. The Morgan fingerprint density at radius 2 is 1.79 bits per heavy atom. The molecule has 2 aromatic carbocycles. The number of halogens is 3. The van der Waals surface area contributed by atoms with Gasteiger partial charge in [0.15, 0.2) is 12.3 Å². The van der Waals surface area contributed by atoms with Crippen molar-refractivity contribution < 1.29 is 32.0 Å². The summed E-state index contributed by atoms with van der Waals surface area (Å²) < 4.78 is 55.5. The van der Waals surface area contributed by atoms with Crippen LogP contribution in [0.3, 0.4) is 0 Å². The summed E-state index contributed by atoms with van der Waals surface area (Å²) in [5, 5.41) is 2.58.